The topological polar surface area (TPSA) is 58.1 Å². The molecule has 0 unspecified atom stereocenters. The quantitative estimate of drug-likeness (QED) is 0.160. The van der Waals surface area contributed by atoms with Crippen LogP contribution in [0, 0.1) is 0 Å². The van der Waals surface area contributed by atoms with Gasteiger partial charge in [0.1, 0.15) is 0 Å². The lowest BCUT2D eigenvalue weighted by Crippen LogP contribution is -2.40. The van der Waals surface area contributed by atoms with E-state index in [0.717, 1.165) is 51.8 Å². The summed E-state index contributed by atoms with van der Waals surface area (Å²) in [5, 5.41) is 6.68. The van der Waals surface area contributed by atoms with Crippen molar-refractivity contribution in [3.05, 3.63) is 0 Å². The average molecular weight is 470 g/mol. The smallest absolute Gasteiger partial charge is 0.191 e. The second-order valence-electron chi connectivity index (χ2n) is 6.56. The zero-order chi connectivity index (χ0) is 17.5. The second-order valence-corrected chi connectivity index (χ2v) is 6.56. The van der Waals surface area contributed by atoms with Gasteiger partial charge in [0.15, 0.2) is 5.96 Å². The number of halogens is 1. The summed E-state index contributed by atoms with van der Waals surface area (Å²) in [5.74, 6) is 0.860. The fourth-order valence-corrected chi connectivity index (χ4v) is 2.94. The van der Waals surface area contributed by atoms with E-state index in [-0.39, 0.29) is 24.0 Å². The molecule has 0 radical (unpaired) electrons. The lowest BCUT2D eigenvalue weighted by Gasteiger charge is -2.18. The van der Waals surface area contributed by atoms with Gasteiger partial charge in [-0.15, -0.1) is 24.0 Å². The highest BCUT2D eigenvalue weighted by atomic mass is 127. The highest BCUT2D eigenvalue weighted by Gasteiger charge is 2.12. The molecule has 0 saturated heterocycles. The predicted molar refractivity (Wildman–Crippen MR) is 116 cm³/mol. The van der Waals surface area contributed by atoms with Gasteiger partial charge in [0.25, 0.3) is 0 Å². The lowest BCUT2D eigenvalue weighted by atomic mass is 10.1. The predicted octanol–water partition coefficient (Wildman–Crippen LogP) is 2.48. The molecular formula is C18H39IN4O2. The Bertz CT molecular complexity index is 324. The van der Waals surface area contributed by atoms with Gasteiger partial charge in [0.05, 0.1) is 19.3 Å². The molecule has 1 rings (SSSR count). The Morgan fingerprint density at radius 2 is 1.72 bits per heavy atom. The number of guanidine groups is 1. The summed E-state index contributed by atoms with van der Waals surface area (Å²) in [6.45, 7) is 5.30. The molecule has 0 bridgehead atoms. The maximum absolute atomic E-state index is 5.99. The number of rotatable bonds is 11. The van der Waals surface area contributed by atoms with Crippen molar-refractivity contribution < 1.29 is 9.47 Å². The van der Waals surface area contributed by atoms with Crippen LogP contribution < -0.4 is 10.6 Å². The molecule has 0 aromatic heterocycles. The Balaban J connectivity index is 0.00000576. The van der Waals surface area contributed by atoms with Crippen molar-refractivity contribution in [1.82, 2.24) is 15.5 Å². The fraction of sp³-hybridized carbons (Fsp3) is 0.944. The molecule has 0 spiro atoms. The van der Waals surface area contributed by atoms with Crippen molar-refractivity contribution in [2.45, 2.75) is 51.0 Å². The minimum absolute atomic E-state index is 0. The highest BCUT2D eigenvalue weighted by molar-refractivity contribution is 14.0. The molecule has 25 heavy (non-hydrogen) atoms. The second kappa shape index (κ2) is 17.3. The Labute approximate surface area is 171 Å². The number of hydrogen-bond donors (Lipinski definition) is 2. The van der Waals surface area contributed by atoms with Crippen molar-refractivity contribution in [2.24, 2.45) is 4.99 Å². The van der Waals surface area contributed by atoms with Crippen LogP contribution in [0.15, 0.2) is 4.99 Å². The summed E-state index contributed by atoms with van der Waals surface area (Å²) in [6.07, 6.45) is 9.38. The third-order valence-corrected chi connectivity index (χ3v) is 4.46. The van der Waals surface area contributed by atoms with E-state index < -0.39 is 0 Å². The van der Waals surface area contributed by atoms with Crippen molar-refractivity contribution in [2.75, 3.05) is 60.6 Å². The number of aliphatic imine (C=N–C) groups is 1. The van der Waals surface area contributed by atoms with Gasteiger partial charge in [0, 0.05) is 33.8 Å². The minimum atomic E-state index is 0. The summed E-state index contributed by atoms with van der Waals surface area (Å²) in [7, 11) is 5.67. The Morgan fingerprint density at radius 1 is 1.04 bits per heavy atom. The van der Waals surface area contributed by atoms with Crippen LogP contribution in [0.4, 0.5) is 0 Å². The molecule has 0 atom stereocenters. The van der Waals surface area contributed by atoms with Crippen molar-refractivity contribution in [1.29, 1.82) is 0 Å². The van der Waals surface area contributed by atoms with Gasteiger partial charge in [-0.1, -0.05) is 25.7 Å². The van der Waals surface area contributed by atoms with Crippen LogP contribution in [-0.4, -0.2) is 77.6 Å². The normalized spacial score (nSPS) is 16.4. The van der Waals surface area contributed by atoms with Crippen LogP contribution in [0.5, 0.6) is 0 Å². The minimum Gasteiger partial charge on any atom is -0.383 e. The van der Waals surface area contributed by atoms with Crippen LogP contribution >= 0.6 is 24.0 Å². The van der Waals surface area contributed by atoms with Gasteiger partial charge < -0.3 is 25.0 Å². The van der Waals surface area contributed by atoms with E-state index in [1.807, 2.05) is 7.05 Å². The van der Waals surface area contributed by atoms with Crippen LogP contribution in [0.25, 0.3) is 0 Å². The monoisotopic (exact) mass is 470 g/mol. The van der Waals surface area contributed by atoms with Gasteiger partial charge >= 0.3 is 0 Å². The van der Waals surface area contributed by atoms with E-state index in [9.17, 15) is 0 Å². The van der Waals surface area contributed by atoms with Crippen LogP contribution in [0.3, 0.4) is 0 Å². The Morgan fingerprint density at radius 3 is 2.36 bits per heavy atom. The molecule has 150 valence electrons. The van der Waals surface area contributed by atoms with E-state index in [0.29, 0.717) is 6.10 Å². The van der Waals surface area contributed by atoms with Gasteiger partial charge in [0.2, 0.25) is 0 Å². The average Bonchev–Trinajstić information content (AvgIpc) is 2.87. The van der Waals surface area contributed by atoms with Gasteiger partial charge in [-0.25, -0.2) is 0 Å². The molecule has 6 nitrogen and oxygen atoms in total. The number of likely N-dealkylation sites (N-methyl/N-ethyl adjacent to an activating group) is 1. The van der Waals surface area contributed by atoms with Gasteiger partial charge in [-0.2, -0.15) is 0 Å². The maximum atomic E-state index is 5.99. The molecule has 2 N–H and O–H groups in total. The summed E-state index contributed by atoms with van der Waals surface area (Å²) in [5.41, 5.74) is 0. The van der Waals surface area contributed by atoms with E-state index in [4.69, 9.17) is 9.47 Å². The number of nitrogens with zero attached hydrogens (tertiary/aromatic N) is 2. The number of nitrogens with one attached hydrogen (secondary N) is 2. The molecule has 0 aromatic carbocycles. The van der Waals surface area contributed by atoms with E-state index in [2.05, 4.69) is 27.6 Å². The standard InChI is InChI=1S/C18H38N4O2.HI/c1-19-18(20-11-8-13-22(2)14-16-23-3)21-12-15-24-17-9-6-4-5-7-10-17;/h17H,4-16H2,1-3H3,(H2,19,20,21);1H. The molecule has 1 saturated carbocycles. The van der Waals surface area contributed by atoms with Crippen LogP contribution in [0.1, 0.15) is 44.9 Å². The van der Waals surface area contributed by atoms with Crippen molar-refractivity contribution in [3.63, 3.8) is 0 Å². The van der Waals surface area contributed by atoms with E-state index >= 15 is 0 Å². The van der Waals surface area contributed by atoms with Gasteiger partial charge in [-0.05, 0) is 32.9 Å². The molecule has 1 aliphatic carbocycles. The summed E-state index contributed by atoms with van der Waals surface area (Å²) in [4.78, 5) is 6.54. The molecule has 7 heteroatoms. The first-order valence-electron chi connectivity index (χ1n) is 9.50. The Kier molecular flexibility index (Phi) is 17.2. The van der Waals surface area contributed by atoms with Crippen molar-refractivity contribution >= 4 is 29.9 Å². The zero-order valence-corrected chi connectivity index (χ0v) is 18.7. The molecular weight excluding hydrogens is 431 g/mol. The van der Waals surface area contributed by atoms with Crippen molar-refractivity contribution in [3.8, 4) is 0 Å². The third kappa shape index (κ3) is 13.7. The van der Waals surface area contributed by atoms with Crippen LogP contribution in [-0.2, 0) is 9.47 Å². The third-order valence-electron chi connectivity index (χ3n) is 4.46. The van der Waals surface area contributed by atoms with Gasteiger partial charge in [-0.3, -0.25) is 4.99 Å². The molecule has 0 aromatic rings. The molecule has 0 heterocycles. The maximum Gasteiger partial charge on any atom is 0.191 e. The van der Waals surface area contributed by atoms with Crippen LogP contribution in [0.2, 0.25) is 0 Å². The van der Waals surface area contributed by atoms with E-state index in [1.54, 1.807) is 7.11 Å². The number of ether oxygens (including phenoxy) is 2. The number of methoxy groups -OCH3 is 1. The molecule has 0 amide bonds. The lowest BCUT2D eigenvalue weighted by molar-refractivity contribution is 0.0468. The first kappa shape index (κ1) is 24.9. The summed E-state index contributed by atoms with van der Waals surface area (Å²) >= 11 is 0. The molecule has 0 aliphatic heterocycles. The largest absolute Gasteiger partial charge is 0.383 e. The summed E-state index contributed by atoms with van der Waals surface area (Å²) < 4.78 is 11.1. The highest BCUT2D eigenvalue weighted by Crippen LogP contribution is 2.19. The molecule has 1 aliphatic rings. The Hall–Kier alpha value is -0.120. The number of hydrogen-bond acceptors (Lipinski definition) is 4. The zero-order valence-electron chi connectivity index (χ0n) is 16.4. The van der Waals surface area contributed by atoms with E-state index in [1.165, 1.54) is 38.5 Å². The summed E-state index contributed by atoms with van der Waals surface area (Å²) in [6, 6.07) is 0. The molecule has 1 fully saturated rings. The SMILES string of the molecule is CN=C(NCCCN(C)CCOC)NCCOC1CCCCCC1.I. The first-order chi connectivity index (χ1) is 11.8. The fourth-order valence-electron chi connectivity index (χ4n) is 2.94. The first-order valence-corrected chi connectivity index (χ1v) is 9.50.